The van der Waals surface area contributed by atoms with Crippen molar-refractivity contribution in [1.82, 2.24) is 19.4 Å². The molecule has 0 saturated carbocycles. The van der Waals surface area contributed by atoms with Crippen LogP contribution in [0.3, 0.4) is 0 Å². The van der Waals surface area contributed by atoms with Gasteiger partial charge in [0.2, 0.25) is 5.91 Å². The monoisotopic (exact) mass is 487 g/mol. The van der Waals surface area contributed by atoms with Gasteiger partial charge in [0, 0.05) is 57.0 Å². The number of ether oxygens (including phenoxy) is 1. The number of methoxy groups -OCH3 is 1. The van der Waals surface area contributed by atoms with E-state index in [-0.39, 0.29) is 11.7 Å². The zero-order valence-electron chi connectivity index (χ0n) is 20.4. The molecular formula is C28H30FN5O2. The molecule has 5 rings (SSSR count). The highest BCUT2D eigenvalue weighted by Crippen LogP contribution is 2.23. The number of piperazine rings is 1. The first kappa shape index (κ1) is 23.8. The van der Waals surface area contributed by atoms with Crippen molar-refractivity contribution >= 4 is 22.8 Å². The highest BCUT2D eigenvalue weighted by molar-refractivity contribution is 5.76. The second-order valence-electron chi connectivity index (χ2n) is 9.01. The van der Waals surface area contributed by atoms with E-state index in [2.05, 4.69) is 20.5 Å². The number of nitrogens with zero attached hydrogens (tertiary/aromatic N) is 5. The molecule has 7 nitrogen and oxygen atoms in total. The molecule has 1 fully saturated rings. The summed E-state index contributed by atoms with van der Waals surface area (Å²) >= 11 is 0. The van der Waals surface area contributed by atoms with Gasteiger partial charge in [0.1, 0.15) is 22.9 Å². The van der Waals surface area contributed by atoms with Crippen LogP contribution < -0.4 is 9.64 Å². The second-order valence-corrected chi connectivity index (χ2v) is 9.01. The van der Waals surface area contributed by atoms with Gasteiger partial charge in [-0.1, -0.05) is 18.2 Å². The molecule has 1 aliphatic rings. The van der Waals surface area contributed by atoms with Crippen LogP contribution in [0.4, 0.5) is 10.1 Å². The lowest BCUT2D eigenvalue weighted by molar-refractivity contribution is -0.131. The molecule has 2 aromatic heterocycles. The zero-order chi connectivity index (χ0) is 24.9. The molecular weight excluding hydrogens is 457 g/mol. The van der Waals surface area contributed by atoms with E-state index in [4.69, 9.17) is 9.72 Å². The first-order valence-corrected chi connectivity index (χ1v) is 12.3. The zero-order valence-corrected chi connectivity index (χ0v) is 20.4. The fourth-order valence-corrected chi connectivity index (χ4v) is 4.71. The number of fused-ring (bicyclic) bond motifs is 1. The Labute approximate surface area is 210 Å². The number of anilines is 1. The number of benzene rings is 2. The summed E-state index contributed by atoms with van der Waals surface area (Å²) in [6, 6.07) is 18.3. The van der Waals surface area contributed by atoms with Crippen molar-refractivity contribution in [3.63, 3.8) is 0 Å². The Morgan fingerprint density at radius 2 is 1.83 bits per heavy atom. The van der Waals surface area contributed by atoms with Crippen LogP contribution in [0.2, 0.25) is 0 Å². The molecule has 1 saturated heterocycles. The van der Waals surface area contributed by atoms with Crippen LogP contribution in [0, 0.1) is 5.82 Å². The Bertz CT molecular complexity index is 1330. The minimum absolute atomic E-state index is 0.180. The van der Waals surface area contributed by atoms with E-state index in [1.54, 1.807) is 25.4 Å². The number of rotatable bonds is 8. The number of halogens is 1. The third-order valence-electron chi connectivity index (χ3n) is 6.68. The Kier molecular flexibility index (Phi) is 7.11. The number of imidazole rings is 1. The molecule has 3 heterocycles. The summed E-state index contributed by atoms with van der Waals surface area (Å²) < 4.78 is 20.8. The molecule has 1 amide bonds. The van der Waals surface area contributed by atoms with E-state index >= 15 is 0 Å². The van der Waals surface area contributed by atoms with Crippen molar-refractivity contribution < 1.29 is 13.9 Å². The summed E-state index contributed by atoms with van der Waals surface area (Å²) in [5.74, 6) is 1.66. The van der Waals surface area contributed by atoms with Gasteiger partial charge >= 0.3 is 0 Å². The molecule has 0 bridgehead atoms. The van der Waals surface area contributed by atoms with Crippen molar-refractivity contribution in [3.8, 4) is 5.75 Å². The van der Waals surface area contributed by atoms with Crippen LogP contribution in [-0.2, 0) is 17.8 Å². The number of amides is 1. The lowest BCUT2D eigenvalue weighted by atomic mass is 10.1. The fourth-order valence-electron chi connectivity index (χ4n) is 4.71. The van der Waals surface area contributed by atoms with Gasteiger partial charge in [-0.3, -0.25) is 4.79 Å². The summed E-state index contributed by atoms with van der Waals surface area (Å²) in [4.78, 5) is 26.5. The van der Waals surface area contributed by atoms with Crippen LogP contribution in [0.5, 0.6) is 5.75 Å². The highest BCUT2D eigenvalue weighted by Gasteiger charge is 2.22. The SMILES string of the molecule is COc1cccc(N2CCN(C(=O)CCCc3nc4cccnc4n3Cc3ccc(F)cc3)CC2)c1. The van der Waals surface area contributed by atoms with Crippen molar-refractivity contribution in [2.24, 2.45) is 0 Å². The Morgan fingerprint density at radius 3 is 2.61 bits per heavy atom. The number of aryl methyl sites for hydroxylation is 1. The van der Waals surface area contributed by atoms with Crippen LogP contribution in [-0.4, -0.2) is 58.6 Å². The van der Waals surface area contributed by atoms with E-state index in [0.717, 1.165) is 47.1 Å². The van der Waals surface area contributed by atoms with Crippen LogP contribution in [0.1, 0.15) is 24.2 Å². The molecule has 0 spiro atoms. The lowest BCUT2D eigenvalue weighted by Gasteiger charge is -2.36. The van der Waals surface area contributed by atoms with Gasteiger partial charge in [-0.15, -0.1) is 0 Å². The average molecular weight is 488 g/mol. The number of hydrogen-bond acceptors (Lipinski definition) is 5. The van der Waals surface area contributed by atoms with Crippen molar-refractivity contribution in [2.75, 3.05) is 38.2 Å². The predicted molar refractivity (Wildman–Crippen MR) is 138 cm³/mol. The highest BCUT2D eigenvalue weighted by atomic mass is 19.1. The van der Waals surface area contributed by atoms with Crippen molar-refractivity contribution in [3.05, 3.63) is 84.1 Å². The topological polar surface area (TPSA) is 63.5 Å². The summed E-state index contributed by atoms with van der Waals surface area (Å²) in [5.41, 5.74) is 3.73. The average Bonchev–Trinajstić information content (AvgIpc) is 3.27. The van der Waals surface area contributed by atoms with E-state index in [0.29, 0.717) is 38.9 Å². The van der Waals surface area contributed by atoms with Crippen LogP contribution >= 0.6 is 0 Å². The van der Waals surface area contributed by atoms with Gasteiger partial charge in [0.25, 0.3) is 0 Å². The molecule has 4 aromatic rings. The standard InChI is InChI=1S/C28H30FN5O2/c1-36-24-6-2-5-23(19-24)32-15-17-33(18-16-32)27(35)9-3-8-26-31-25-7-4-14-30-28(25)34(26)20-21-10-12-22(29)13-11-21/h2,4-7,10-14,19H,3,8-9,15-18,20H2,1H3. The summed E-state index contributed by atoms with van der Waals surface area (Å²) in [7, 11) is 1.67. The quantitative estimate of drug-likeness (QED) is 0.371. The van der Waals surface area contributed by atoms with Gasteiger partial charge < -0.3 is 19.1 Å². The Hall–Kier alpha value is -3.94. The Balaban J connectivity index is 1.18. The maximum atomic E-state index is 13.4. The maximum Gasteiger partial charge on any atom is 0.222 e. The normalized spacial score (nSPS) is 13.8. The van der Waals surface area contributed by atoms with E-state index in [1.807, 2.05) is 35.2 Å². The van der Waals surface area contributed by atoms with E-state index in [9.17, 15) is 9.18 Å². The van der Waals surface area contributed by atoms with Crippen LogP contribution in [0.15, 0.2) is 66.9 Å². The van der Waals surface area contributed by atoms with Gasteiger partial charge in [0.05, 0.1) is 13.7 Å². The summed E-state index contributed by atoms with van der Waals surface area (Å²) in [6.45, 7) is 3.59. The largest absolute Gasteiger partial charge is 0.497 e. The molecule has 2 aromatic carbocycles. The molecule has 36 heavy (non-hydrogen) atoms. The summed E-state index contributed by atoms with van der Waals surface area (Å²) in [6.07, 6.45) is 3.62. The maximum absolute atomic E-state index is 13.4. The first-order chi connectivity index (χ1) is 17.6. The third-order valence-corrected chi connectivity index (χ3v) is 6.68. The van der Waals surface area contributed by atoms with Gasteiger partial charge in [-0.25, -0.2) is 14.4 Å². The smallest absolute Gasteiger partial charge is 0.222 e. The minimum Gasteiger partial charge on any atom is -0.497 e. The second kappa shape index (κ2) is 10.8. The predicted octanol–water partition coefficient (Wildman–Crippen LogP) is 4.30. The van der Waals surface area contributed by atoms with Crippen molar-refractivity contribution in [1.29, 1.82) is 0 Å². The number of carbonyl (C=O) groups excluding carboxylic acids is 1. The molecule has 0 radical (unpaired) electrons. The Morgan fingerprint density at radius 1 is 1.03 bits per heavy atom. The first-order valence-electron chi connectivity index (χ1n) is 12.3. The van der Waals surface area contributed by atoms with Crippen LogP contribution in [0.25, 0.3) is 11.2 Å². The van der Waals surface area contributed by atoms with Crippen molar-refractivity contribution in [2.45, 2.75) is 25.8 Å². The fraction of sp³-hybridized carbons (Fsp3) is 0.321. The molecule has 0 unspecified atom stereocenters. The number of aromatic nitrogens is 3. The minimum atomic E-state index is -0.254. The molecule has 186 valence electrons. The van der Waals surface area contributed by atoms with Gasteiger partial charge in [-0.05, 0) is 48.4 Å². The summed E-state index contributed by atoms with van der Waals surface area (Å²) in [5, 5.41) is 0. The lowest BCUT2D eigenvalue weighted by Crippen LogP contribution is -2.48. The molecule has 1 aliphatic heterocycles. The third kappa shape index (κ3) is 5.32. The van der Waals surface area contributed by atoms with Gasteiger partial charge in [0.15, 0.2) is 5.65 Å². The van der Waals surface area contributed by atoms with E-state index < -0.39 is 0 Å². The number of hydrogen-bond donors (Lipinski definition) is 0. The molecule has 0 atom stereocenters. The molecule has 8 heteroatoms. The van der Waals surface area contributed by atoms with E-state index in [1.165, 1.54) is 12.1 Å². The molecule has 0 N–H and O–H groups in total. The number of pyridine rings is 1. The molecule has 0 aliphatic carbocycles. The number of carbonyl (C=O) groups is 1. The van der Waals surface area contributed by atoms with Gasteiger partial charge in [-0.2, -0.15) is 0 Å².